The van der Waals surface area contributed by atoms with Crippen LogP contribution in [0.1, 0.15) is 0 Å². The molecule has 0 aliphatic heterocycles. The standard InChI is InChI=1S/C13H18BrN3O3Si/c1-21(2,3)7-6-20-9-16-12-8-10(17(18)19)4-5-11(12)13(14)15-16/h4-5,8H,6-7,9H2,1-3H3. The van der Waals surface area contributed by atoms with Gasteiger partial charge in [-0.25, -0.2) is 4.68 Å². The Morgan fingerprint density at radius 1 is 1.43 bits per heavy atom. The fraction of sp³-hybridized carbons (Fsp3) is 0.462. The number of nitrogens with zero attached hydrogens (tertiary/aromatic N) is 3. The summed E-state index contributed by atoms with van der Waals surface area (Å²) in [7, 11) is -1.12. The quantitative estimate of drug-likeness (QED) is 0.332. The maximum atomic E-state index is 10.9. The zero-order valence-corrected chi connectivity index (χ0v) is 14.9. The molecule has 0 bridgehead atoms. The molecule has 0 N–H and O–H groups in total. The Kier molecular flexibility index (Phi) is 4.80. The Hall–Kier alpha value is -1.25. The summed E-state index contributed by atoms with van der Waals surface area (Å²) in [4.78, 5) is 10.5. The third-order valence-electron chi connectivity index (χ3n) is 3.11. The molecular formula is C13H18BrN3O3Si. The van der Waals surface area contributed by atoms with Crippen molar-refractivity contribution in [2.24, 2.45) is 0 Å². The molecule has 2 rings (SSSR count). The zero-order chi connectivity index (χ0) is 15.6. The Morgan fingerprint density at radius 3 is 2.76 bits per heavy atom. The molecule has 2 aromatic rings. The topological polar surface area (TPSA) is 70.2 Å². The molecule has 0 atom stereocenters. The highest BCUT2D eigenvalue weighted by atomic mass is 79.9. The lowest BCUT2D eigenvalue weighted by Crippen LogP contribution is -2.22. The van der Waals surface area contributed by atoms with Crippen LogP contribution < -0.4 is 0 Å². The van der Waals surface area contributed by atoms with E-state index in [1.165, 1.54) is 12.1 Å². The minimum atomic E-state index is -1.12. The van der Waals surface area contributed by atoms with Crippen LogP contribution in [0.15, 0.2) is 22.8 Å². The van der Waals surface area contributed by atoms with Gasteiger partial charge in [0, 0.05) is 32.2 Å². The highest BCUT2D eigenvalue weighted by Crippen LogP contribution is 2.27. The molecule has 21 heavy (non-hydrogen) atoms. The highest BCUT2D eigenvalue weighted by molar-refractivity contribution is 9.10. The number of ether oxygens (including phenoxy) is 1. The van der Waals surface area contributed by atoms with Crippen LogP contribution in [0.2, 0.25) is 25.7 Å². The molecule has 0 saturated heterocycles. The van der Waals surface area contributed by atoms with Gasteiger partial charge in [0.25, 0.3) is 5.69 Å². The van der Waals surface area contributed by atoms with Crippen molar-refractivity contribution in [2.75, 3.05) is 6.61 Å². The Balaban J connectivity index is 2.15. The van der Waals surface area contributed by atoms with Crippen LogP contribution in [0.3, 0.4) is 0 Å². The zero-order valence-electron chi connectivity index (χ0n) is 12.3. The fourth-order valence-electron chi connectivity index (χ4n) is 1.86. The van der Waals surface area contributed by atoms with Gasteiger partial charge < -0.3 is 4.74 Å². The van der Waals surface area contributed by atoms with Crippen LogP contribution >= 0.6 is 15.9 Å². The Morgan fingerprint density at radius 2 is 2.14 bits per heavy atom. The van der Waals surface area contributed by atoms with E-state index in [1.54, 1.807) is 10.7 Å². The lowest BCUT2D eigenvalue weighted by Gasteiger charge is -2.15. The molecule has 114 valence electrons. The van der Waals surface area contributed by atoms with E-state index >= 15 is 0 Å². The van der Waals surface area contributed by atoms with E-state index < -0.39 is 13.0 Å². The van der Waals surface area contributed by atoms with Gasteiger partial charge in [-0.1, -0.05) is 19.6 Å². The van der Waals surface area contributed by atoms with Crippen molar-refractivity contribution in [1.29, 1.82) is 0 Å². The van der Waals surface area contributed by atoms with Gasteiger partial charge in [-0.3, -0.25) is 10.1 Å². The van der Waals surface area contributed by atoms with E-state index in [4.69, 9.17) is 4.74 Å². The van der Waals surface area contributed by atoms with Gasteiger partial charge in [-0.2, -0.15) is 5.10 Å². The molecular weight excluding hydrogens is 354 g/mol. The van der Waals surface area contributed by atoms with Crippen molar-refractivity contribution in [2.45, 2.75) is 32.4 Å². The van der Waals surface area contributed by atoms with E-state index in [-0.39, 0.29) is 5.69 Å². The predicted molar refractivity (Wildman–Crippen MR) is 88.2 cm³/mol. The van der Waals surface area contributed by atoms with Crippen LogP contribution in [0.25, 0.3) is 10.9 Å². The Bertz CT molecular complexity index is 666. The summed E-state index contributed by atoms with van der Waals surface area (Å²) in [6, 6.07) is 5.77. The van der Waals surface area contributed by atoms with Gasteiger partial charge in [0.15, 0.2) is 0 Å². The molecule has 0 aliphatic carbocycles. The molecule has 0 aliphatic rings. The summed E-state index contributed by atoms with van der Waals surface area (Å²) < 4.78 is 7.98. The van der Waals surface area contributed by atoms with Crippen molar-refractivity contribution in [3.63, 3.8) is 0 Å². The maximum Gasteiger partial charge on any atom is 0.271 e. The van der Waals surface area contributed by atoms with E-state index in [2.05, 4.69) is 40.7 Å². The van der Waals surface area contributed by atoms with E-state index in [0.29, 0.717) is 23.5 Å². The number of hydrogen-bond acceptors (Lipinski definition) is 4. The van der Waals surface area contributed by atoms with Crippen LogP contribution in [0.4, 0.5) is 5.69 Å². The average Bonchev–Trinajstić information content (AvgIpc) is 2.70. The summed E-state index contributed by atoms with van der Waals surface area (Å²) in [5.74, 6) is 0. The summed E-state index contributed by atoms with van der Waals surface area (Å²) in [5.41, 5.74) is 0.752. The number of halogens is 1. The van der Waals surface area contributed by atoms with Crippen molar-refractivity contribution in [1.82, 2.24) is 9.78 Å². The van der Waals surface area contributed by atoms with Crippen LogP contribution in [-0.2, 0) is 11.5 Å². The first kappa shape index (κ1) is 16.1. The van der Waals surface area contributed by atoms with E-state index in [1.807, 2.05) is 0 Å². The highest BCUT2D eigenvalue weighted by Gasteiger charge is 2.15. The first-order chi connectivity index (χ1) is 9.78. The lowest BCUT2D eigenvalue weighted by molar-refractivity contribution is -0.384. The lowest BCUT2D eigenvalue weighted by atomic mass is 10.2. The largest absolute Gasteiger partial charge is 0.360 e. The summed E-state index contributed by atoms with van der Waals surface area (Å²) in [6.45, 7) is 7.86. The first-order valence-corrected chi connectivity index (χ1v) is 11.2. The van der Waals surface area contributed by atoms with Gasteiger partial charge in [0.2, 0.25) is 0 Å². The van der Waals surface area contributed by atoms with E-state index in [9.17, 15) is 10.1 Å². The fourth-order valence-corrected chi connectivity index (χ4v) is 3.15. The minimum absolute atomic E-state index is 0.0539. The summed E-state index contributed by atoms with van der Waals surface area (Å²) >= 11 is 3.37. The SMILES string of the molecule is C[Si](C)(C)CCOCn1nc(Br)c2ccc([N+](=O)[O-])cc21. The molecule has 0 saturated carbocycles. The van der Waals surface area contributed by atoms with E-state index in [0.717, 1.165) is 11.4 Å². The third-order valence-corrected chi connectivity index (χ3v) is 5.40. The van der Waals surface area contributed by atoms with Crippen molar-refractivity contribution < 1.29 is 9.66 Å². The normalized spacial score (nSPS) is 12.0. The maximum absolute atomic E-state index is 10.9. The number of aromatic nitrogens is 2. The van der Waals surface area contributed by atoms with Crippen LogP contribution in [0.5, 0.6) is 0 Å². The van der Waals surface area contributed by atoms with Crippen molar-refractivity contribution >= 4 is 40.6 Å². The van der Waals surface area contributed by atoms with Crippen molar-refractivity contribution in [3.05, 3.63) is 32.9 Å². The number of hydrogen-bond donors (Lipinski definition) is 0. The number of non-ortho nitro benzene ring substituents is 1. The Labute approximate surface area is 132 Å². The third kappa shape index (κ3) is 4.11. The smallest absolute Gasteiger partial charge is 0.271 e. The second-order valence-electron chi connectivity index (χ2n) is 6.10. The summed E-state index contributed by atoms with van der Waals surface area (Å²) in [6.07, 6.45) is 0. The van der Waals surface area contributed by atoms with Crippen molar-refractivity contribution in [3.8, 4) is 0 Å². The second-order valence-corrected chi connectivity index (χ2v) is 12.5. The molecule has 8 heteroatoms. The molecule has 0 fully saturated rings. The molecule has 1 aromatic carbocycles. The number of rotatable bonds is 6. The molecule has 6 nitrogen and oxygen atoms in total. The predicted octanol–water partition coefficient (Wildman–Crippen LogP) is 4.02. The number of fused-ring (bicyclic) bond motifs is 1. The summed E-state index contributed by atoms with van der Waals surface area (Å²) in [5, 5.41) is 16.0. The molecule has 0 spiro atoms. The molecule has 0 amide bonds. The molecule has 1 aromatic heterocycles. The van der Waals surface area contributed by atoms with Crippen LogP contribution in [0, 0.1) is 10.1 Å². The number of benzene rings is 1. The molecule has 0 unspecified atom stereocenters. The average molecular weight is 372 g/mol. The monoisotopic (exact) mass is 371 g/mol. The van der Waals surface area contributed by atoms with Crippen LogP contribution in [-0.4, -0.2) is 29.4 Å². The van der Waals surface area contributed by atoms with Gasteiger partial charge in [0.05, 0.1) is 10.4 Å². The second kappa shape index (κ2) is 6.25. The number of nitro groups is 1. The minimum Gasteiger partial charge on any atom is -0.360 e. The molecule has 1 heterocycles. The number of nitro benzene ring substituents is 1. The van der Waals surface area contributed by atoms with Gasteiger partial charge in [-0.15, -0.1) is 0 Å². The van der Waals surface area contributed by atoms with Gasteiger partial charge in [-0.05, 0) is 28.0 Å². The van der Waals surface area contributed by atoms with Gasteiger partial charge >= 0.3 is 0 Å². The molecule has 0 radical (unpaired) electrons. The first-order valence-electron chi connectivity index (χ1n) is 6.66. The van der Waals surface area contributed by atoms with Gasteiger partial charge in [0.1, 0.15) is 11.3 Å².